The van der Waals surface area contributed by atoms with Crippen LogP contribution in [0.1, 0.15) is 24.8 Å². The van der Waals surface area contributed by atoms with Crippen LogP contribution in [-0.4, -0.2) is 47.2 Å². The van der Waals surface area contributed by atoms with Crippen LogP contribution in [0.15, 0.2) is 24.5 Å². The largest absolute Gasteiger partial charge is 0.496 e. The van der Waals surface area contributed by atoms with Gasteiger partial charge in [0, 0.05) is 49.4 Å². The van der Waals surface area contributed by atoms with E-state index in [0.29, 0.717) is 24.3 Å². The summed E-state index contributed by atoms with van der Waals surface area (Å²) >= 11 is 0. The average Bonchev–Trinajstić information content (AvgIpc) is 3.27. The first-order chi connectivity index (χ1) is 12.6. The molecule has 6 nitrogen and oxygen atoms in total. The minimum Gasteiger partial charge on any atom is -0.496 e. The zero-order valence-corrected chi connectivity index (χ0v) is 15.6. The summed E-state index contributed by atoms with van der Waals surface area (Å²) in [6, 6.07) is 4.43. The van der Waals surface area contributed by atoms with Gasteiger partial charge in [0.1, 0.15) is 17.3 Å². The zero-order valence-electron chi connectivity index (χ0n) is 15.6. The van der Waals surface area contributed by atoms with E-state index in [1.54, 1.807) is 14.2 Å². The highest BCUT2D eigenvalue weighted by Gasteiger charge is 2.39. The third-order valence-corrected chi connectivity index (χ3v) is 5.42. The molecule has 138 valence electrons. The predicted molar refractivity (Wildman–Crippen MR) is 98.3 cm³/mol. The molecule has 0 spiro atoms. The van der Waals surface area contributed by atoms with Crippen molar-refractivity contribution in [3.63, 3.8) is 0 Å². The molecule has 2 heterocycles. The van der Waals surface area contributed by atoms with Gasteiger partial charge in [0.05, 0.1) is 19.8 Å². The lowest BCUT2D eigenvalue weighted by molar-refractivity contribution is -0.128. The summed E-state index contributed by atoms with van der Waals surface area (Å²) in [6.45, 7) is 3.63. The Labute approximate surface area is 153 Å². The Bertz CT molecular complexity index is 826. The van der Waals surface area contributed by atoms with Crippen LogP contribution in [0.2, 0.25) is 0 Å². The number of carbonyl (C=O) groups is 1. The molecule has 1 aromatic heterocycles. The fraction of sp³-hybridized carbons (Fsp3) is 0.500. The van der Waals surface area contributed by atoms with E-state index in [9.17, 15) is 4.79 Å². The number of methoxy groups -OCH3 is 2. The summed E-state index contributed by atoms with van der Waals surface area (Å²) in [6.07, 6.45) is 6.75. The Hall–Kier alpha value is -2.50. The Balaban J connectivity index is 1.60. The Morgan fingerprint density at radius 1 is 1.23 bits per heavy atom. The monoisotopic (exact) mass is 355 g/mol. The number of rotatable bonds is 6. The van der Waals surface area contributed by atoms with Crippen molar-refractivity contribution >= 4 is 5.91 Å². The first-order valence-corrected chi connectivity index (χ1v) is 9.15. The molecule has 26 heavy (non-hydrogen) atoms. The van der Waals surface area contributed by atoms with Gasteiger partial charge in [-0.1, -0.05) is 0 Å². The van der Waals surface area contributed by atoms with Gasteiger partial charge >= 0.3 is 0 Å². The summed E-state index contributed by atoms with van der Waals surface area (Å²) < 4.78 is 13.2. The molecule has 1 saturated carbocycles. The van der Waals surface area contributed by atoms with E-state index in [1.807, 2.05) is 31.5 Å². The summed E-state index contributed by atoms with van der Waals surface area (Å²) in [5, 5.41) is 0. The number of likely N-dealkylation sites (tertiary alicyclic amines) is 1. The molecule has 2 aromatic rings. The molecule has 1 saturated heterocycles. The summed E-state index contributed by atoms with van der Waals surface area (Å²) in [7, 11) is 3.33. The smallest absolute Gasteiger partial charge is 0.223 e. The molecule has 1 amide bonds. The number of hydrogen-bond donors (Lipinski definition) is 0. The third kappa shape index (κ3) is 2.93. The van der Waals surface area contributed by atoms with Crippen LogP contribution < -0.4 is 9.47 Å². The summed E-state index contributed by atoms with van der Waals surface area (Å²) in [5.74, 6) is 3.08. The van der Waals surface area contributed by atoms with Gasteiger partial charge in [0.25, 0.3) is 0 Å². The number of ether oxygens (including phenoxy) is 2. The standard InChI is InChI=1S/C20H25N3O3/c1-13-17(25-2)7-6-16(19(13)26-3)20-21-8-9-22(20)11-14-10-18(24)23(12-14)15-4-5-15/h6-9,14-15H,4-5,10-12H2,1-3H3. The van der Waals surface area contributed by atoms with Crippen LogP contribution in [0.4, 0.5) is 0 Å². The lowest BCUT2D eigenvalue weighted by atomic mass is 10.1. The minimum atomic E-state index is 0.303. The first-order valence-electron chi connectivity index (χ1n) is 9.15. The first kappa shape index (κ1) is 16.9. The molecule has 1 aliphatic carbocycles. The lowest BCUT2D eigenvalue weighted by Gasteiger charge is -2.18. The van der Waals surface area contributed by atoms with E-state index in [-0.39, 0.29) is 0 Å². The van der Waals surface area contributed by atoms with E-state index in [0.717, 1.165) is 54.4 Å². The number of amides is 1. The van der Waals surface area contributed by atoms with Crippen molar-refractivity contribution in [3.8, 4) is 22.9 Å². The average molecular weight is 355 g/mol. The molecular weight excluding hydrogens is 330 g/mol. The molecule has 0 radical (unpaired) electrons. The van der Waals surface area contributed by atoms with Crippen LogP contribution in [0, 0.1) is 12.8 Å². The van der Waals surface area contributed by atoms with Crippen molar-refractivity contribution < 1.29 is 14.3 Å². The zero-order chi connectivity index (χ0) is 18.3. The van der Waals surface area contributed by atoms with Gasteiger partial charge in [-0.15, -0.1) is 0 Å². The SMILES string of the molecule is COc1ccc(-c2nccn2CC2CC(=O)N(C3CC3)C2)c(OC)c1C. The minimum absolute atomic E-state index is 0.303. The molecular formula is C20H25N3O3. The fourth-order valence-electron chi connectivity index (χ4n) is 3.98. The Morgan fingerprint density at radius 2 is 2.04 bits per heavy atom. The van der Waals surface area contributed by atoms with E-state index in [1.165, 1.54) is 0 Å². The van der Waals surface area contributed by atoms with Gasteiger partial charge in [-0.3, -0.25) is 4.79 Å². The molecule has 6 heteroatoms. The lowest BCUT2D eigenvalue weighted by Crippen LogP contribution is -2.27. The van der Waals surface area contributed by atoms with Gasteiger partial charge in [-0.2, -0.15) is 0 Å². The maximum absolute atomic E-state index is 12.2. The van der Waals surface area contributed by atoms with Crippen LogP contribution >= 0.6 is 0 Å². The highest BCUT2D eigenvalue weighted by atomic mass is 16.5. The maximum atomic E-state index is 12.2. The second-order valence-electron chi connectivity index (χ2n) is 7.22. The van der Waals surface area contributed by atoms with Crippen molar-refractivity contribution in [2.24, 2.45) is 5.92 Å². The van der Waals surface area contributed by atoms with Gasteiger partial charge in [0.15, 0.2) is 0 Å². The van der Waals surface area contributed by atoms with Crippen molar-refractivity contribution in [3.05, 3.63) is 30.1 Å². The second kappa shape index (κ2) is 6.67. The molecule has 1 atom stereocenters. The molecule has 1 unspecified atom stereocenters. The van der Waals surface area contributed by atoms with Gasteiger partial charge in [-0.25, -0.2) is 4.98 Å². The highest BCUT2D eigenvalue weighted by Crippen LogP contribution is 2.38. The number of nitrogens with zero attached hydrogens (tertiary/aromatic N) is 3. The number of hydrogen-bond acceptors (Lipinski definition) is 4. The van der Waals surface area contributed by atoms with E-state index in [4.69, 9.17) is 9.47 Å². The molecule has 2 fully saturated rings. The normalized spacial score (nSPS) is 19.9. The molecule has 2 aliphatic rings. The quantitative estimate of drug-likeness (QED) is 0.799. The van der Waals surface area contributed by atoms with Crippen LogP contribution in [-0.2, 0) is 11.3 Å². The van der Waals surface area contributed by atoms with Crippen molar-refractivity contribution in [2.45, 2.75) is 38.8 Å². The fourth-order valence-corrected chi connectivity index (χ4v) is 3.98. The van der Waals surface area contributed by atoms with Crippen LogP contribution in [0.25, 0.3) is 11.4 Å². The van der Waals surface area contributed by atoms with Crippen LogP contribution in [0.3, 0.4) is 0 Å². The number of imidazole rings is 1. The highest BCUT2D eigenvalue weighted by molar-refractivity contribution is 5.79. The van der Waals surface area contributed by atoms with Crippen molar-refractivity contribution in [1.29, 1.82) is 0 Å². The van der Waals surface area contributed by atoms with Gasteiger partial charge < -0.3 is 18.9 Å². The molecule has 1 aromatic carbocycles. The van der Waals surface area contributed by atoms with Crippen molar-refractivity contribution in [1.82, 2.24) is 14.5 Å². The number of aromatic nitrogens is 2. The van der Waals surface area contributed by atoms with E-state index >= 15 is 0 Å². The maximum Gasteiger partial charge on any atom is 0.223 e. The Morgan fingerprint density at radius 3 is 2.73 bits per heavy atom. The van der Waals surface area contributed by atoms with Gasteiger partial charge in [0.2, 0.25) is 5.91 Å². The molecule has 4 rings (SSSR count). The number of benzene rings is 1. The van der Waals surface area contributed by atoms with E-state index in [2.05, 4.69) is 14.5 Å². The Kier molecular flexibility index (Phi) is 4.34. The van der Waals surface area contributed by atoms with Crippen molar-refractivity contribution in [2.75, 3.05) is 20.8 Å². The molecule has 1 aliphatic heterocycles. The summed E-state index contributed by atoms with van der Waals surface area (Å²) in [4.78, 5) is 18.9. The van der Waals surface area contributed by atoms with Crippen LogP contribution in [0.5, 0.6) is 11.5 Å². The molecule has 0 bridgehead atoms. The molecule has 0 N–H and O–H groups in total. The van der Waals surface area contributed by atoms with Gasteiger partial charge in [-0.05, 0) is 31.9 Å². The van der Waals surface area contributed by atoms with E-state index < -0.39 is 0 Å². The number of carbonyl (C=O) groups excluding carboxylic acids is 1. The third-order valence-electron chi connectivity index (χ3n) is 5.42. The topological polar surface area (TPSA) is 56.6 Å². The summed E-state index contributed by atoms with van der Waals surface area (Å²) in [5.41, 5.74) is 1.90. The predicted octanol–water partition coefficient (Wildman–Crippen LogP) is 2.89. The second-order valence-corrected chi connectivity index (χ2v) is 7.22.